The van der Waals surface area contributed by atoms with Crippen molar-refractivity contribution in [3.63, 3.8) is 0 Å². The van der Waals surface area contributed by atoms with Gasteiger partial charge in [0.1, 0.15) is 0 Å². The summed E-state index contributed by atoms with van der Waals surface area (Å²) in [6.45, 7) is 0. The Morgan fingerprint density at radius 1 is 0.611 bits per heavy atom. The summed E-state index contributed by atoms with van der Waals surface area (Å²) < 4.78 is 0. The number of fused-ring (bicyclic) bond motifs is 3. The summed E-state index contributed by atoms with van der Waals surface area (Å²) in [7, 11) is -4.29. The van der Waals surface area contributed by atoms with Crippen LogP contribution in [0.2, 0.25) is 0 Å². The minimum atomic E-state index is -4.29. The predicted octanol–water partition coefficient (Wildman–Crippen LogP) is 1.12. The molecular formula is C14H12O3Si. The highest BCUT2D eigenvalue weighted by atomic mass is 28.4. The third kappa shape index (κ3) is 1.72. The van der Waals surface area contributed by atoms with Crippen LogP contribution in [0.25, 0.3) is 21.5 Å². The van der Waals surface area contributed by atoms with Crippen LogP contribution in [0.1, 0.15) is 0 Å². The van der Waals surface area contributed by atoms with Gasteiger partial charge in [0.2, 0.25) is 0 Å². The first kappa shape index (κ1) is 11.4. The molecule has 4 heteroatoms. The molecule has 0 heterocycles. The number of benzene rings is 3. The van der Waals surface area contributed by atoms with Crippen LogP contribution in [0.5, 0.6) is 0 Å². The first-order valence-corrected chi connectivity index (χ1v) is 7.49. The van der Waals surface area contributed by atoms with Crippen molar-refractivity contribution in [1.29, 1.82) is 0 Å². The molecule has 3 nitrogen and oxygen atoms in total. The summed E-state index contributed by atoms with van der Waals surface area (Å²) in [5.41, 5.74) is 0. The van der Waals surface area contributed by atoms with E-state index in [0.29, 0.717) is 5.39 Å². The highest BCUT2D eigenvalue weighted by Gasteiger charge is 2.32. The van der Waals surface area contributed by atoms with Crippen molar-refractivity contribution >= 4 is 35.5 Å². The van der Waals surface area contributed by atoms with Crippen LogP contribution in [0.4, 0.5) is 0 Å². The number of hydrogen-bond acceptors (Lipinski definition) is 3. The van der Waals surface area contributed by atoms with Gasteiger partial charge in [-0.3, -0.25) is 0 Å². The van der Waals surface area contributed by atoms with Crippen molar-refractivity contribution in [3.8, 4) is 0 Å². The Bertz CT molecular complexity index is 732. The molecule has 0 radical (unpaired) electrons. The van der Waals surface area contributed by atoms with Crippen LogP contribution < -0.4 is 5.19 Å². The maximum atomic E-state index is 9.51. The van der Waals surface area contributed by atoms with Crippen LogP contribution in [0.15, 0.2) is 54.6 Å². The van der Waals surface area contributed by atoms with E-state index in [1.165, 1.54) is 0 Å². The van der Waals surface area contributed by atoms with E-state index in [-0.39, 0.29) is 5.19 Å². The molecular weight excluding hydrogens is 244 g/mol. The van der Waals surface area contributed by atoms with Gasteiger partial charge in [0.05, 0.1) is 0 Å². The molecule has 3 aromatic rings. The second-order valence-electron chi connectivity index (χ2n) is 4.32. The van der Waals surface area contributed by atoms with Gasteiger partial charge in [-0.1, -0.05) is 54.6 Å². The molecule has 0 atom stereocenters. The van der Waals surface area contributed by atoms with Crippen molar-refractivity contribution in [1.82, 2.24) is 0 Å². The van der Waals surface area contributed by atoms with E-state index in [1.807, 2.05) is 42.5 Å². The van der Waals surface area contributed by atoms with Gasteiger partial charge >= 0.3 is 8.80 Å². The van der Waals surface area contributed by atoms with Gasteiger partial charge in [-0.05, 0) is 21.5 Å². The van der Waals surface area contributed by atoms with Crippen molar-refractivity contribution in [2.45, 2.75) is 0 Å². The Morgan fingerprint density at radius 3 is 2.11 bits per heavy atom. The molecule has 0 amide bonds. The Balaban J connectivity index is 2.48. The van der Waals surface area contributed by atoms with E-state index in [4.69, 9.17) is 0 Å². The molecule has 0 aliphatic rings. The minimum absolute atomic E-state index is 0.228. The predicted molar refractivity (Wildman–Crippen MR) is 73.5 cm³/mol. The molecule has 90 valence electrons. The average Bonchev–Trinajstić information content (AvgIpc) is 2.36. The molecule has 0 aliphatic heterocycles. The fraction of sp³-hybridized carbons (Fsp3) is 0. The van der Waals surface area contributed by atoms with Gasteiger partial charge in [-0.25, -0.2) is 0 Å². The smallest absolute Gasteiger partial charge is 0.386 e. The lowest BCUT2D eigenvalue weighted by Crippen LogP contribution is -2.49. The van der Waals surface area contributed by atoms with Crippen molar-refractivity contribution < 1.29 is 14.4 Å². The van der Waals surface area contributed by atoms with Gasteiger partial charge in [0, 0.05) is 5.19 Å². The van der Waals surface area contributed by atoms with Gasteiger partial charge < -0.3 is 14.4 Å². The Labute approximate surface area is 105 Å². The van der Waals surface area contributed by atoms with E-state index < -0.39 is 8.80 Å². The van der Waals surface area contributed by atoms with Crippen LogP contribution in [0, 0.1) is 0 Å². The first-order valence-electron chi connectivity index (χ1n) is 5.65. The van der Waals surface area contributed by atoms with E-state index in [2.05, 4.69) is 0 Å². The van der Waals surface area contributed by atoms with Crippen LogP contribution in [-0.4, -0.2) is 23.2 Å². The number of hydrogen-bond donors (Lipinski definition) is 3. The largest absolute Gasteiger partial charge is 0.529 e. The lowest BCUT2D eigenvalue weighted by Gasteiger charge is -2.13. The summed E-state index contributed by atoms with van der Waals surface area (Å²) in [4.78, 5) is 28.5. The molecule has 0 aliphatic carbocycles. The molecule has 3 rings (SSSR count). The van der Waals surface area contributed by atoms with Gasteiger partial charge in [-0.2, -0.15) is 0 Å². The zero-order chi connectivity index (χ0) is 12.8. The second-order valence-corrected chi connectivity index (χ2v) is 6.13. The van der Waals surface area contributed by atoms with Crippen LogP contribution >= 0.6 is 0 Å². The third-order valence-electron chi connectivity index (χ3n) is 3.15. The molecule has 0 aromatic heterocycles. The lowest BCUT2D eigenvalue weighted by molar-refractivity contribution is 0.250. The summed E-state index contributed by atoms with van der Waals surface area (Å²) in [6.07, 6.45) is 0. The standard InChI is InChI=1S/C14H12O3Si/c15-18(16,17)14-7-3-6-12-11-5-2-1-4-10(11)8-9-13(12)14/h1-9,15-17H. The van der Waals surface area contributed by atoms with Crippen molar-refractivity contribution in [2.75, 3.05) is 0 Å². The van der Waals surface area contributed by atoms with Gasteiger partial charge in [-0.15, -0.1) is 0 Å². The van der Waals surface area contributed by atoms with E-state index in [1.54, 1.807) is 12.1 Å². The zero-order valence-corrected chi connectivity index (χ0v) is 10.5. The zero-order valence-electron chi connectivity index (χ0n) is 9.54. The maximum Gasteiger partial charge on any atom is 0.529 e. The summed E-state index contributed by atoms with van der Waals surface area (Å²) in [6, 6.07) is 16.8. The SMILES string of the molecule is O[Si](O)(O)c1cccc2c1ccc1ccccc12. The normalized spacial score (nSPS) is 12.2. The summed E-state index contributed by atoms with van der Waals surface area (Å²) in [5.74, 6) is 0. The Kier molecular flexibility index (Phi) is 2.46. The molecule has 3 aromatic carbocycles. The fourth-order valence-corrected chi connectivity index (χ4v) is 3.23. The fourth-order valence-electron chi connectivity index (χ4n) is 2.33. The molecule has 18 heavy (non-hydrogen) atoms. The van der Waals surface area contributed by atoms with E-state index in [0.717, 1.165) is 16.2 Å². The van der Waals surface area contributed by atoms with Gasteiger partial charge in [0.25, 0.3) is 0 Å². The lowest BCUT2D eigenvalue weighted by atomic mass is 10.0. The minimum Gasteiger partial charge on any atom is -0.386 e. The second kappa shape index (κ2) is 3.89. The summed E-state index contributed by atoms with van der Waals surface area (Å²) >= 11 is 0. The monoisotopic (exact) mass is 256 g/mol. The van der Waals surface area contributed by atoms with Gasteiger partial charge in [0.15, 0.2) is 0 Å². The molecule has 0 spiro atoms. The molecule has 0 unspecified atom stereocenters. The van der Waals surface area contributed by atoms with Crippen LogP contribution in [0.3, 0.4) is 0 Å². The molecule has 0 saturated carbocycles. The molecule has 0 saturated heterocycles. The van der Waals surface area contributed by atoms with Crippen molar-refractivity contribution in [2.24, 2.45) is 0 Å². The quantitative estimate of drug-likeness (QED) is 0.451. The topological polar surface area (TPSA) is 60.7 Å². The Morgan fingerprint density at radius 2 is 1.33 bits per heavy atom. The molecule has 3 N–H and O–H groups in total. The summed E-state index contributed by atoms with van der Waals surface area (Å²) in [5, 5.41) is 3.96. The highest BCUT2D eigenvalue weighted by Crippen LogP contribution is 2.24. The average molecular weight is 256 g/mol. The maximum absolute atomic E-state index is 9.51. The first-order chi connectivity index (χ1) is 8.57. The molecule has 0 bridgehead atoms. The van der Waals surface area contributed by atoms with E-state index in [9.17, 15) is 14.4 Å². The number of rotatable bonds is 1. The van der Waals surface area contributed by atoms with Crippen molar-refractivity contribution in [3.05, 3.63) is 54.6 Å². The third-order valence-corrected chi connectivity index (χ3v) is 4.31. The molecule has 0 fully saturated rings. The Hall–Kier alpha value is -1.72. The highest BCUT2D eigenvalue weighted by molar-refractivity contribution is 6.74. The van der Waals surface area contributed by atoms with E-state index >= 15 is 0 Å². The van der Waals surface area contributed by atoms with Crippen LogP contribution in [-0.2, 0) is 0 Å².